The molecule has 6 rings (SSSR count). The molecule has 0 spiro atoms. The highest BCUT2D eigenvalue weighted by atomic mass is 16.5. The molecule has 0 aliphatic carbocycles. The van der Waals surface area contributed by atoms with Crippen molar-refractivity contribution < 1.29 is 19.4 Å². The first kappa shape index (κ1) is 27.9. The molecule has 1 amide bonds. The first-order valence-electron chi connectivity index (χ1n) is 14.4. The SMILES string of the molecule is C[C@@H]1CC(Oc2ccc(-c3nccc(Nc4ccc(N5CCN(C6COC6)CC5)cc4)n3)cc2C#N)CN1C(=O)CO. The van der Waals surface area contributed by atoms with Crippen molar-refractivity contribution >= 4 is 23.1 Å². The molecule has 2 N–H and O–H groups in total. The number of amides is 1. The summed E-state index contributed by atoms with van der Waals surface area (Å²) in [6.07, 6.45) is 2.06. The molecule has 0 bridgehead atoms. The van der Waals surface area contributed by atoms with E-state index in [2.05, 4.69) is 55.4 Å². The zero-order valence-electron chi connectivity index (χ0n) is 23.6. The molecular formula is C31H35N7O4. The van der Waals surface area contributed by atoms with Gasteiger partial charge in [0.05, 0.1) is 31.4 Å². The molecule has 11 heteroatoms. The Morgan fingerprint density at radius 1 is 1.14 bits per heavy atom. The second-order valence-corrected chi connectivity index (χ2v) is 11.0. The number of ether oxygens (including phenoxy) is 2. The number of piperazine rings is 1. The maximum atomic E-state index is 12.0. The van der Waals surface area contributed by atoms with Crippen molar-refractivity contribution in [2.45, 2.75) is 31.5 Å². The summed E-state index contributed by atoms with van der Waals surface area (Å²) in [5, 5.41) is 22.4. The third-order valence-corrected chi connectivity index (χ3v) is 8.26. The Balaban J connectivity index is 1.09. The summed E-state index contributed by atoms with van der Waals surface area (Å²) in [5.41, 5.74) is 3.20. The van der Waals surface area contributed by atoms with Crippen LogP contribution in [-0.2, 0) is 9.53 Å². The number of hydrogen-bond acceptors (Lipinski definition) is 10. The van der Waals surface area contributed by atoms with Crippen LogP contribution >= 0.6 is 0 Å². The second kappa shape index (κ2) is 12.3. The summed E-state index contributed by atoms with van der Waals surface area (Å²) in [5.74, 6) is 1.27. The van der Waals surface area contributed by atoms with E-state index in [0.29, 0.717) is 47.5 Å². The van der Waals surface area contributed by atoms with E-state index in [9.17, 15) is 15.2 Å². The lowest BCUT2D eigenvalue weighted by molar-refractivity contribution is -0.134. The van der Waals surface area contributed by atoms with Crippen LogP contribution in [0.25, 0.3) is 11.4 Å². The van der Waals surface area contributed by atoms with Gasteiger partial charge in [0.25, 0.3) is 0 Å². The van der Waals surface area contributed by atoms with E-state index in [1.165, 1.54) is 5.69 Å². The fraction of sp³-hybridized carbons (Fsp3) is 0.419. The van der Waals surface area contributed by atoms with Crippen LogP contribution in [0.2, 0.25) is 0 Å². The standard InChI is InChI=1S/C31H35N7O4/c1-21-14-27(17-38(21)30(40)18-39)42-28-7-2-22(15-23(28)16-32)31-33-9-8-29(35-31)34-24-3-5-25(6-4-24)36-10-12-37(13-11-36)26-19-41-20-26/h2-9,15,21,26-27,39H,10-14,17-20H2,1H3,(H,33,34,35)/t21-,27?/m1/s1. The van der Waals surface area contributed by atoms with Gasteiger partial charge in [0.1, 0.15) is 30.3 Å². The number of likely N-dealkylation sites (tertiary alicyclic amines) is 1. The van der Waals surface area contributed by atoms with Gasteiger partial charge in [-0.2, -0.15) is 5.26 Å². The lowest BCUT2D eigenvalue weighted by Gasteiger charge is -2.43. The summed E-state index contributed by atoms with van der Waals surface area (Å²) in [4.78, 5) is 27.6. The smallest absolute Gasteiger partial charge is 0.248 e. The van der Waals surface area contributed by atoms with Gasteiger partial charge in [0.15, 0.2) is 5.82 Å². The Morgan fingerprint density at radius 2 is 1.93 bits per heavy atom. The topological polar surface area (TPSA) is 127 Å². The number of anilines is 3. The lowest BCUT2D eigenvalue weighted by atomic mass is 10.1. The van der Waals surface area contributed by atoms with Crippen LogP contribution in [0, 0.1) is 11.3 Å². The molecule has 3 fully saturated rings. The zero-order chi connectivity index (χ0) is 29.1. The number of nitriles is 1. The first-order valence-corrected chi connectivity index (χ1v) is 14.4. The molecular weight excluding hydrogens is 534 g/mol. The minimum Gasteiger partial charge on any atom is -0.487 e. The molecule has 0 saturated carbocycles. The van der Waals surface area contributed by atoms with Gasteiger partial charge < -0.3 is 29.7 Å². The highest BCUT2D eigenvalue weighted by molar-refractivity contribution is 5.78. The van der Waals surface area contributed by atoms with E-state index in [0.717, 1.165) is 45.1 Å². The Labute approximate surface area is 245 Å². The maximum Gasteiger partial charge on any atom is 0.248 e. The molecule has 218 valence electrons. The number of nitrogens with one attached hydrogen (secondary N) is 1. The molecule has 3 saturated heterocycles. The molecule has 4 heterocycles. The Bertz CT molecular complexity index is 1450. The second-order valence-electron chi connectivity index (χ2n) is 11.0. The molecule has 42 heavy (non-hydrogen) atoms. The predicted octanol–water partition coefficient (Wildman–Crippen LogP) is 2.64. The summed E-state index contributed by atoms with van der Waals surface area (Å²) in [6.45, 7) is 7.63. The number of benzene rings is 2. The van der Waals surface area contributed by atoms with Crippen molar-refractivity contribution in [2.75, 3.05) is 62.8 Å². The van der Waals surface area contributed by atoms with Gasteiger partial charge in [-0.05, 0) is 55.5 Å². The van der Waals surface area contributed by atoms with E-state index in [-0.39, 0.29) is 18.1 Å². The van der Waals surface area contributed by atoms with E-state index in [1.54, 1.807) is 23.2 Å². The number of aliphatic hydroxyl groups excluding tert-OH is 1. The molecule has 11 nitrogen and oxygen atoms in total. The Kier molecular flexibility index (Phi) is 8.19. The Hall–Kier alpha value is -4.24. The molecule has 3 aliphatic rings. The van der Waals surface area contributed by atoms with Gasteiger partial charge in [0.2, 0.25) is 5.91 Å². The van der Waals surface area contributed by atoms with Gasteiger partial charge in [-0.15, -0.1) is 0 Å². The average molecular weight is 570 g/mol. The Morgan fingerprint density at radius 3 is 2.62 bits per heavy atom. The summed E-state index contributed by atoms with van der Waals surface area (Å²) < 4.78 is 11.4. The normalized spacial score (nSPS) is 21.1. The third-order valence-electron chi connectivity index (χ3n) is 8.26. The van der Waals surface area contributed by atoms with Crippen LogP contribution < -0.4 is 15.0 Å². The molecule has 3 aliphatic heterocycles. The van der Waals surface area contributed by atoms with Crippen LogP contribution in [0.5, 0.6) is 5.75 Å². The maximum absolute atomic E-state index is 12.0. The number of nitrogens with zero attached hydrogens (tertiary/aromatic N) is 6. The van der Waals surface area contributed by atoms with E-state index in [4.69, 9.17) is 9.47 Å². The largest absolute Gasteiger partial charge is 0.487 e. The van der Waals surface area contributed by atoms with Gasteiger partial charge in [-0.1, -0.05) is 0 Å². The minimum atomic E-state index is -0.525. The molecule has 2 atom stereocenters. The summed E-state index contributed by atoms with van der Waals surface area (Å²) >= 11 is 0. The number of aliphatic hydroxyl groups is 1. The van der Waals surface area contributed by atoms with Crippen molar-refractivity contribution in [1.29, 1.82) is 5.26 Å². The van der Waals surface area contributed by atoms with Crippen LogP contribution in [0.15, 0.2) is 54.7 Å². The number of carbonyl (C=O) groups is 1. The summed E-state index contributed by atoms with van der Waals surface area (Å²) in [7, 11) is 0. The first-order chi connectivity index (χ1) is 20.5. The van der Waals surface area contributed by atoms with Gasteiger partial charge in [-0.25, -0.2) is 9.97 Å². The number of aromatic nitrogens is 2. The monoisotopic (exact) mass is 569 g/mol. The quantitative estimate of drug-likeness (QED) is 0.418. The van der Waals surface area contributed by atoms with Crippen LogP contribution in [-0.4, -0.2) is 102 Å². The molecule has 0 radical (unpaired) electrons. The van der Waals surface area contributed by atoms with Gasteiger partial charge in [0, 0.05) is 61.8 Å². The van der Waals surface area contributed by atoms with Crippen molar-refractivity contribution in [3.8, 4) is 23.2 Å². The number of rotatable bonds is 8. The van der Waals surface area contributed by atoms with Crippen molar-refractivity contribution in [1.82, 2.24) is 19.8 Å². The fourth-order valence-electron chi connectivity index (χ4n) is 5.79. The van der Waals surface area contributed by atoms with Crippen LogP contribution in [0.1, 0.15) is 18.9 Å². The minimum absolute atomic E-state index is 0.0393. The van der Waals surface area contributed by atoms with Gasteiger partial charge >= 0.3 is 0 Å². The predicted molar refractivity (Wildman–Crippen MR) is 158 cm³/mol. The van der Waals surface area contributed by atoms with E-state index >= 15 is 0 Å². The summed E-state index contributed by atoms with van der Waals surface area (Å²) in [6, 6.07) is 18.2. The molecule has 3 aromatic rings. The van der Waals surface area contributed by atoms with Crippen molar-refractivity contribution in [3.63, 3.8) is 0 Å². The lowest BCUT2D eigenvalue weighted by Crippen LogP contribution is -2.56. The van der Waals surface area contributed by atoms with Crippen molar-refractivity contribution in [2.24, 2.45) is 0 Å². The average Bonchev–Trinajstić information content (AvgIpc) is 3.36. The van der Waals surface area contributed by atoms with E-state index in [1.807, 2.05) is 19.1 Å². The van der Waals surface area contributed by atoms with Gasteiger partial charge in [-0.3, -0.25) is 9.69 Å². The zero-order valence-corrected chi connectivity index (χ0v) is 23.6. The molecule has 1 unspecified atom stereocenters. The van der Waals surface area contributed by atoms with Crippen LogP contribution in [0.3, 0.4) is 0 Å². The highest BCUT2D eigenvalue weighted by Gasteiger charge is 2.34. The third kappa shape index (κ3) is 6.01. The number of hydrogen-bond donors (Lipinski definition) is 2. The van der Waals surface area contributed by atoms with Crippen LogP contribution in [0.4, 0.5) is 17.2 Å². The highest BCUT2D eigenvalue weighted by Crippen LogP contribution is 2.29. The van der Waals surface area contributed by atoms with Crippen molar-refractivity contribution in [3.05, 3.63) is 60.3 Å². The molecule has 2 aromatic carbocycles. The number of carbonyl (C=O) groups excluding carboxylic acids is 1. The fourth-order valence-corrected chi connectivity index (χ4v) is 5.79. The van der Waals surface area contributed by atoms with E-state index < -0.39 is 6.61 Å². The molecule has 1 aromatic heterocycles.